The number of hydrogen-bond donors (Lipinski definition) is 2. The molecule has 0 aliphatic carbocycles. The molecule has 0 spiro atoms. The summed E-state index contributed by atoms with van der Waals surface area (Å²) in [4.78, 5) is 4.16. The van der Waals surface area contributed by atoms with Crippen LogP contribution in [0.2, 0.25) is 0 Å². The van der Waals surface area contributed by atoms with E-state index in [1.54, 1.807) is 7.05 Å². The maximum atomic E-state index is 13.8. The summed E-state index contributed by atoms with van der Waals surface area (Å²) in [5.41, 5.74) is 4.53. The summed E-state index contributed by atoms with van der Waals surface area (Å²) in [6, 6.07) is 13.6. The van der Waals surface area contributed by atoms with Crippen LogP contribution in [0.15, 0.2) is 53.5 Å². The van der Waals surface area contributed by atoms with Crippen molar-refractivity contribution >= 4 is 29.9 Å². The fourth-order valence-electron chi connectivity index (χ4n) is 3.15. The molecule has 30 heavy (non-hydrogen) atoms. The fourth-order valence-corrected chi connectivity index (χ4v) is 3.15. The number of aromatic nitrogens is 2. The normalized spacial score (nSPS) is 11.2. The number of hydrogen-bond acceptors (Lipinski definition) is 2. The standard InChI is InChI=1S/C22H25F2N5.HI/c1-15-20(16(2)29(28-15)14-17-7-5-4-6-8-17)13-27-22(25-3)26-12-18-11-19(23)9-10-21(18)24;/h4-11H,12-14H2,1-3H3,(H2,25,26,27);1H. The zero-order valence-electron chi connectivity index (χ0n) is 17.2. The van der Waals surface area contributed by atoms with Crippen LogP contribution in [0.5, 0.6) is 0 Å². The average Bonchev–Trinajstić information content (AvgIpc) is 2.98. The topological polar surface area (TPSA) is 54.2 Å². The molecule has 0 saturated carbocycles. The lowest BCUT2D eigenvalue weighted by molar-refractivity contribution is 0.581. The van der Waals surface area contributed by atoms with Crippen LogP contribution in [0.1, 0.15) is 28.1 Å². The van der Waals surface area contributed by atoms with Crippen molar-refractivity contribution in [2.24, 2.45) is 4.99 Å². The predicted octanol–water partition coefficient (Wildman–Crippen LogP) is 4.31. The molecule has 2 N–H and O–H groups in total. The van der Waals surface area contributed by atoms with Crippen molar-refractivity contribution in [2.75, 3.05) is 7.05 Å². The van der Waals surface area contributed by atoms with Gasteiger partial charge in [-0.15, -0.1) is 24.0 Å². The van der Waals surface area contributed by atoms with E-state index < -0.39 is 11.6 Å². The van der Waals surface area contributed by atoms with E-state index in [-0.39, 0.29) is 36.1 Å². The van der Waals surface area contributed by atoms with Gasteiger partial charge in [0.15, 0.2) is 5.96 Å². The van der Waals surface area contributed by atoms with Crippen LogP contribution in [0, 0.1) is 25.5 Å². The Morgan fingerprint density at radius 1 is 1.03 bits per heavy atom. The Balaban J connectivity index is 0.00000320. The van der Waals surface area contributed by atoms with Gasteiger partial charge in [0.05, 0.1) is 12.2 Å². The highest BCUT2D eigenvalue weighted by molar-refractivity contribution is 14.0. The number of rotatable bonds is 6. The van der Waals surface area contributed by atoms with Crippen LogP contribution in [-0.4, -0.2) is 22.8 Å². The van der Waals surface area contributed by atoms with E-state index >= 15 is 0 Å². The third-order valence-electron chi connectivity index (χ3n) is 4.82. The molecule has 2 aromatic carbocycles. The Morgan fingerprint density at radius 2 is 1.73 bits per heavy atom. The van der Waals surface area contributed by atoms with Gasteiger partial charge in [0.2, 0.25) is 0 Å². The first kappa shape index (κ1) is 23.8. The summed E-state index contributed by atoms with van der Waals surface area (Å²) in [6.07, 6.45) is 0. The van der Waals surface area contributed by atoms with Crippen LogP contribution in [0.25, 0.3) is 0 Å². The molecule has 160 valence electrons. The van der Waals surface area contributed by atoms with E-state index in [1.807, 2.05) is 36.7 Å². The van der Waals surface area contributed by atoms with E-state index in [4.69, 9.17) is 0 Å². The molecule has 1 heterocycles. The molecular formula is C22H26F2IN5. The van der Waals surface area contributed by atoms with Crippen LogP contribution in [0.3, 0.4) is 0 Å². The predicted molar refractivity (Wildman–Crippen MR) is 126 cm³/mol. The number of halogens is 3. The third kappa shape index (κ3) is 6.01. The molecule has 0 saturated heterocycles. The molecule has 5 nitrogen and oxygen atoms in total. The van der Waals surface area contributed by atoms with E-state index in [9.17, 15) is 8.78 Å². The van der Waals surface area contributed by atoms with Crippen LogP contribution in [-0.2, 0) is 19.6 Å². The summed E-state index contributed by atoms with van der Waals surface area (Å²) in [5, 5.41) is 10.9. The van der Waals surface area contributed by atoms with Crippen LogP contribution < -0.4 is 10.6 Å². The number of benzene rings is 2. The summed E-state index contributed by atoms with van der Waals surface area (Å²) in [6.45, 7) is 5.38. The molecule has 0 radical (unpaired) electrons. The van der Waals surface area contributed by atoms with Gasteiger partial charge in [-0.05, 0) is 37.6 Å². The van der Waals surface area contributed by atoms with E-state index in [2.05, 4.69) is 32.9 Å². The zero-order valence-corrected chi connectivity index (χ0v) is 19.6. The second-order valence-corrected chi connectivity index (χ2v) is 6.81. The van der Waals surface area contributed by atoms with Crippen molar-refractivity contribution < 1.29 is 8.78 Å². The molecule has 1 aromatic heterocycles. The fraction of sp³-hybridized carbons (Fsp3) is 0.273. The monoisotopic (exact) mass is 525 g/mol. The average molecular weight is 525 g/mol. The molecule has 0 bridgehead atoms. The van der Waals surface area contributed by atoms with Crippen molar-refractivity contribution in [1.29, 1.82) is 0 Å². The van der Waals surface area contributed by atoms with Gasteiger partial charge in [0.1, 0.15) is 11.6 Å². The summed E-state index contributed by atoms with van der Waals surface area (Å²) in [5.74, 6) is -0.422. The summed E-state index contributed by atoms with van der Waals surface area (Å²) in [7, 11) is 1.63. The zero-order chi connectivity index (χ0) is 20.8. The maximum absolute atomic E-state index is 13.8. The minimum atomic E-state index is -0.469. The molecule has 3 aromatic rings. The van der Waals surface area contributed by atoms with Gasteiger partial charge in [0.25, 0.3) is 0 Å². The number of nitrogens with zero attached hydrogens (tertiary/aromatic N) is 3. The van der Waals surface area contributed by atoms with E-state index in [0.29, 0.717) is 19.0 Å². The molecule has 0 aliphatic rings. The van der Waals surface area contributed by atoms with Gasteiger partial charge in [0, 0.05) is 37.0 Å². The number of aliphatic imine (C=N–C) groups is 1. The Bertz CT molecular complexity index is 1000. The van der Waals surface area contributed by atoms with Gasteiger partial charge < -0.3 is 10.6 Å². The van der Waals surface area contributed by atoms with Gasteiger partial charge in [-0.25, -0.2) is 8.78 Å². The summed E-state index contributed by atoms with van der Waals surface area (Å²) >= 11 is 0. The largest absolute Gasteiger partial charge is 0.352 e. The maximum Gasteiger partial charge on any atom is 0.191 e. The third-order valence-corrected chi connectivity index (χ3v) is 4.82. The number of aryl methyl sites for hydroxylation is 1. The Labute approximate surface area is 192 Å². The van der Waals surface area contributed by atoms with Crippen molar-refractivity contribution in [1.82, 2.24) is 20.4 Å². The molecule has 0 unspecified atom stereocenters. The van der Waals surface area contributed by atoms with Crippen molar-refractivity contribution in [2.45, 2.75) is 33.5 Å². The van der Waals surface area contributed by atoms with Crippen molar-refractivity contribution in [3.63, 3.8) is 0 Å². The number of nitrogens with one attached hydrogen (secondary N) is 2. The molecule has 0 atom stereocenters. The highest BCUT2D eigenvalue weighted by Crippen LogP contribution is 2.15. The van der Waals surface area contributed by atoms with E-state index in [1.165, 1.54) is 11.6 Å². The molecule has 0 aliphatic heterocycles. The Hall–Kier alpha value is -2.49. The molecule has 0 amide bonds. The lowest BCUT2D eigenvalue weighted by Gasteiger charge is -2.13. The van der Waals surface area contributed by atoms with Gasteiger partial charge >= 0.3 is 0 Å². The molecule has 3 rings (SSSR count). The van der Waals surface area contributed by atoms with Crippen LogP contribution >= 0.6 is 24.0 Å². The minimum Gasteiger partial charge on any atom is -0.352 e. The second-order valence-electron chi connectivity index (χ2n) is 6.81. The first-order chi connectivity index (χ1) is 14.0. The smallest absolute Gasteiger partial charge is 0.191 e. The number of guanidine groups is 1. The second kappa shape index (κ2) is 11.1. The first-order valence-electron chi connectivity index (χ1n) is 9.43. The Morgan fingerprint density at radius 3 is 2.43 bits per heavy atom. The highest BCUT2D eigenvalue weighted by Gasteiger charge is 2.13. The van der Waals surface area contributed by atoms with Gasteiger partial charge in [-0.2, -0.15) is 5.10 Å². The lowest BCUT2D eigenvalue weighted by atomic mass is 10.2. The molecular weight excluding hydrogens is 499 g/mol. The lowest BCUT2D eigenvalue weighted by Crippen LogP contribution is -2.36. The van der Waals surface area contributed by atoms with E-state index in [0.717, 1.165) is 29.1 Å². The van der Waals surface area contributed by atoms with Gasteiger partial charge in [-0.1, -0.05) is 30.3 Å². The quantitative estimate of drug-likeness (QED) is 0.287. The Kier molecular flexibility index (Phi) is 8.76. The van der Waals surface area contributed by atoms with Crippen molar-refractivity contribution in [3.8, 4) is 0 Å². The SMILES string of the molecule is CN=C(NCc1cc(F)ccc1F)NCc1c(C)nn(Cc2ccccc2)c1C.I. The van der Waals surface area contributed by atoms with Gasteiger partial charge in [-0.3, -0.25) is 9.67 Å². The molecule has 8 heteroatoms. The van der Waals surface area contributed by atoms with Crippen molar-refractivity contribution in [3.05, 3.63) is 88.2 Å². The molecule has 0 fully saturated rings. The minimum absolute atomic E-state index is 0. The summed E-state index contributed by atoms with van der Waals surface area (Å²) < 4.78 is 29.1. The van der Waals surface area contributed by atoms with Crippen LogP contribution in [0.4, 0.5) is 8.78 Å². The first-order valence-corrected chi connectivity index (χ1v) is 9.43. The highest BCUT2D eigenvalue weighted by atomic mass is 127.